The number of hydrogen-bond donors (Lipinski definition) is 1. The maximum atomic E-state index is 11.7. The van der Waals surface area contributed by atoms with Crippen molar-refractivity contribution in [1.29, 1.82) is 5.26 Å². The zero-order chi connectivity index (χ0) is 19.9. The van der Waals surface area contributed by atoms with E-state index in [9.17, 15) is 15.2 Å². The average Bonchev–Trinajstić information content (AvgIpc) is 3.04. The molecule has 3 aromatic carbocycles. The second kappa shape index (κ2) is 8.21. The second-order valence-electron chi connectivity index (χ2n) is 6.93. The zero-order valence-corrected chi connectivity index (χ0v) is 16.2. The molecular formula is C22H18N3NaO2S. The van der Waals surface area contributed by atoms with Gasteiger partial charge < -0.3 is 5.11 Å². The molecule has 0 unspecified atom stereocenters. The van der Waals surface area contributed by atoms with Crippen LogP contribution in [-0.2, 0) is 4.79 Å². The molecule has 0 bridgehead atoms. The molecule has 0 aliphatic carbocycles. The van der Waals surface area contributed by atoms with E-state index in [1.54, 1.807) is 19.9 Å². The standard InChI is InChI=1S/C22H17N3O2S.Na.H/c1-22(2,20(26)27)28-21-24-17-9-5-6-10-19(17)25(21)18-12-11-14(13-23)15-7-3-4-8-16(15)18;;/h3-12H,1-2H3,(H,26,27);;. The number of carboxylic acid groups (broad SMARTS) is 1. The minimum atomic E-state index is -1.04. The summed E-state index contributed by atoms with van der Waals surface area (Å²) in [4.78, 5) is 16.4. The fourth-order valence-electron chi connectivity index (χ4n) is 3.15. The number of nitrogens with zero attached hydrogens (tertiary/aromatic N) is 3. The van der Waals surface area contributed by atoms with Crippen molar-refractivity contribution in [2.75, 3.05) is 0 Å². The molecule has 0 saturated heterocycles. The normalized spacial score (nSPS) is 11.2. The van der Waals surface area contributed by atoms with E-state index in [1.165, 1.54) is 11.8 Å². The molecule has 5 nitrogen and oxygen atoms in total. The van der Waals surface area contributed by atoms with Crippen molar-refractivity contribution in [2.24, 2.45) is 0 Å². The van der Waals surface area contributed by atoms with E-state index in [-0.39, 0.29) is 29.6 Å². The Morgan fingerprint density at radius 2 is 1.72 bits per heavy atom. The van der Waals surface area contributed by atoms with Crippen LogP contribution in [0.15, 0.2) is 65.8 Å². The molecule has 0 atom stereocenters. The van der Waals surface area contributed by atoms with Gasteiger partial charge in [0.2, 0.25) is 0 Å². The first-order valence-corrected chi connectivity index (χ1v) is 9.56. The maximum absolute atomic E-state index is 11.7. The number of hydrogen-bond acceptors (Lipinski definition) is 4. The number of carbonyl (C=O) groups is 1. The summed E-state index contributed by atoms with van der Waals surface area (Å²) < 4.78 is 0.940. The van der Waals surface area contributed by atoms with Crippen molar-refractivity contribution in [2.45, 2.75) is 23.8 Å². The SMILES string of the molecule is CC(C)(Sc1nc2ccccc2n1-c1ccc(C#N)c2ccccc12)C(=O)O.[NaH]. The van der Waals surface area contributed by atoms with E-state index in [0.29, 0.717) is 10.7 Å². The Morgan fingerprint density at radius 1 is 1.07 bits per heavy atom. The number of aromatic nitrogens is 2. The van der Waals surface area contributed by atoms with Crippen molar-refractivity contribution in [3.63, 3.8) is 0 Å². The van der Waals surface area contributed by atoms with Gasteiger partial charge >= 0.3 is 35.5 Å². The van der Waals surface area contributed by atoms with Gasteiger partial charge in [-0.2, -0.15) is 5.26 Å². The molecule has 0 amide bonds. The summed E-state index contributed by atoms with van der Waals surface area (Å²) in [6.45, 7) is 3.33. The van der Waals surface area contributed by atoms with E-state index in [0.717, 1.165) is 27.5 Å². The van der Waals surface area contributed by atoms with Gasteiger partial charge in [0.1, 0.15) is 4.75 Å². The molecule has 0 spiro atoms. The van der Waals surface area contributed by atoms with Gasteiger partial charge in [-0.3, -0.25) is 9.36 Å². The summed E-state index contributed by atoms with van der Waals surface area (Å²) in [5.41, 5.74) is 3.15. The third kappa shape index (κ3) is 3.79. The Bertz CT molecular complexity index is 1270. The van der Waals surface area contributed by atoms with Crippen LogP contribution in [0.5, 0.6) is 0 Å². The third-order valence-corrected chi connectivity index (χ3v) is 5.80. The van der Waals surface area contributed by atoms with E-state index in [4.69, 9.17) is 4.98 Å². The number of aliphatic carboxylic acids is 1. The first-order chi connectivity index (χ1) is 13.4. The van der Waals surface area contributed by atoms with Crippen molar-refractivity contribution in [3.05, 3.63) is 66.2 Å². The monoisotopic (exact) mass is 411 g/mol. The Kier molecular flexibility index (Phi) is 6.06. The van der Waals surface area contributed by atoms with Gasteiger partial charge in [-0.05, 0) is 38.1 Å². The predicted octanol–water partition coefficient (Wildman–Crippen LogP) is 4.36. The topological polar surface area (TPSA) is 78.9 Å². The van der Waals surface area contributed by atoms with E-state index in [2.05, 4.69) is 6.07 Å². The van der Waals surface area contributed by atoms with E-state index < -0.39 is 10.7 Å². The number of carboxylic acids is 1. The fourth-order valence-corrected chi connectivity index (χ4v) is 4.13. The Morgan fingerprint density at radius 3 is 2.41 bits per heavy atom. The molecule has 4 rings (SSSR count). The quantitative estimate of drug-likeness (QED) is 0.399. The van der Waals surface area contributed by atoms with Gasteiger partial charge in [0.25, 0.3) is 0 Å². The van der Waals surface area contributed by atoms with Crippen LogP contribution in [0.4, 0.5) is 0 Å². The Balaban J connectivity index is 0.00000240. The molecule has 1 heterocycles. The first-order valence-electron chi connectivity index (χ1n) is 8.74. The number of imidazole rings is 1. The van der Waals surface area contributed by atoms with Crippen molar-refractivity contribution in [1.82, 2.24) is 9.55 Å². The predicted molar refractivity (Wildman–Crippen MR) is 118 cm³/mol. The number of para-hydroxylation sites is 2. The number of benzene rings is 3. The molecule has 0 saturated carbocycles. The molecule has 0 radical (unpaired) electrons. The average molecular weight is 411 g/mol. The molecule has 0 aliphatic rings. The van der Waals surface area contributed by atoms with Crippen LogP contribution in [0.1, 0.15) is 19.4 Å². The minimum absolute atomic E-state index is 0. The molecule has 140 valence electrons. The molecular weight excluding hydrogens is 393 g/mol. The van der Waals surface area contributed by atoms with Gasteiger partial charge in [-0.1, -0.05) is 48.2 Å². The van der Waals surface area contributed by atoms with E-state index >= 15 is 0 Å². The Labute approximate surface area is 194 Å². The summed E-state index contributed by atoms with van der Waals surface area (Å²) in [5.74, 6) is -0.902. The summed E-state index contributed by atoms with van der Waals surface area (Å²) in [5, 5.41) is 21.4. The van der Waals surface area contributed by atoms with Crippen LogP contribution >= 0.6 is 11.8 Å². The van der Waals surface area contributed by atoms with Crippen LogP contribution in [-0.4, -0.2) is 54.9 Å². The number of fused-ring (bicyclic) bond motifs is 2. The van der Waals surface area contributed by atoms with Crippen LogP contribution in [0.3, 0.4) is 0 Å². The summed E-state index contributed by atoms with van der Waals surface area (Å²) in [6.07, 6.45) is 0. The van der Waals surface area contributed by atoms with Crippen molar-refractivity contribution < 1.29 is 9.90 Å². The molecule has 1 N–H and O–H groups in total. The molecule has 29 heavy (non-hydrogen) atoms. The molecule has 4 aromatic rings. The molecule has 1 aromatic heterocycles. The van der Waals surface area contributed by atoms with Crippen molar-refractivity contribution >= 4 is 69.1 Å². The van der Waals surface area contributed by atoms with Gasteiger partial charge in [-0.25, -0.2) is 4.98 Å². The van der Waals surface area contributed by atoms with Crippen LogP contribution < -0.4 is 0 Å². The summed E-state index contributed by atoms with van der Waals surface area (Å²) in [6, 6.07) is 21.4. The third-order valence-electron chi connectivity index (χ3n) is 4.65. The van der Waals surface area contributed by atoms with Crippen molar-refractivity contribution in [3.8, 4) is 11.8 Å². The van der Waals surface area contributed by atoms with E-state index in [1.807, 2.05) is 59.2 Å². The number of thioether (sulfide) groups is 1. The van der Waals surface area contributed by atoms with Gasteiger partial charge in [-0.15, -0.1) is 0 Å². The zero-order valence-electron chi connectivity index (χ0n) is 15.4. The van der Waals surface area contributed by atoms with Crippen LogP contribution in [0.2, 0.25) is 0 Å². The first kappa shape index (κ1) is 21.4. The van der Waals surface area contributed by atoms with Crippen LogP contribution in [0.25, 0.3) is 27.5 Å². The number of nitriles is 1. The summed E-state index contributed by atoms with van der Waals surface area (Å²) in [7, 11) is 0. The second-order valence-corrected chi connectivity index (χ2v) is 8.52. The summed E-state index contributed by atoms with van der Waals surface area (Å²) >= 11 is 1.21. The van der Waals surface area contributed by atoms with Gasteiger partial charge in [0, 0.05) is 10.8 Å². The fraction of sp³-hybridized carbons (Fsp3) is 0.136. The molecule has 0 fully saturated rings. The van der Waals surface area contributed by atoms with Gasteiger partial charge in [0.15, 0.2) is 5.16 Å². The number of rotatable bonds is 4. The Hall–Kier alpha value is -2.30. The van der Waals surface area contributed by atoms with Crippen LogP contribution in [0, 0.1) is 11.3 Å². The molecule has 0 aliphatic heterocycles. The molecule has 7 heteroatoms. The van der Waals surface area contributed by atoms with Gasteiger partial charge in [0.05, 0.1) is 28.4 Å².